The van der Waals surface area contributed by atoms with Gasteiger partial charge in [-0.2, -0.15) is 5.10 Å². The first kappa shape index (κ1) is 15.4. The van der Waals surface area contributed by atoms with Crippen molar-refractivity contribution < 1.29 is 4.79 Å². The van der Waals surface area contributed by atoms with E-state index in [9.17, 15) is 9.59 Å². The van der Waals surface area contributed by atoms with Crippen molar-refractivity contribution in [2.75, 3.05) is 7.05 Å². The Morgan fingerprint density at radius 3 is 2.16 bits per heavy atom. The molecule has 0 saturated carbocycles. The summed E-state index contributed by atoms with van der Waals surface area (Å²) in [4.78, 5) is 26.4. The van der Waals surface area contributed by atoms with Crippen LogP contribution in [0.2, 0.25) is 0 Å². The van der Waals surface area contributed by atoms with Crippen LogP contribution >= 0.6 is 0 Å². The van der Waals surface area contributed by atoms with Crippen LogP contribution in [-0.4, -0.2) is 32.2 Å². The molecule has 6 nitrogen and oxygen atoms in total. The van der Waals surface area contributed by atoms with Gasteiger partial charge in [-0.15, -0.1) is 0 Å². The Hall–Kier alpha value is -3.15. The second kappa shape index (κ2) is 5.73. The second-order valence-electron chi connectivity index (χ2n) is 6.26. The molecule has 0 spiro atoms. The van der Waals surface area contributed by atoms with Gasteiger partial charge in [-0.3, -0.25) is 9.36 Å². The van der Waals surface area contributed by atoms with Crippen molar-refractivity contribution in [1.82, 2.24) is 19.2 Å². The fourth-order valence-corrected chi connectivity index (χ4v) is 3.46. The number of benzene rings is 2. The summed E-state index contributed by atoms with van der Waals surface area (Å²) in [6.45, 7) is -0.0724. The first-order valence-electron chi connectivity index (χ1n) is 8.10. The number of fused-ring (bicyclic) bond motifs is 3. The second-order valence-corrected chi connectivity index (χ2v) is 6.26. The summed E-state index contributed by atoms with van der Waals surface area (Å²) in [6, 6.07) is 16.1. The van der Waals surface area contributed by atoms with E-state index in [1.54, 1.807) is 19.0 Å². The molecule has 0 aliphatic heterocycles. The van der Waals surface area contributed by atoms with Crippen molar-refractivity contribution in [2.24, 2.45) is 7.05 Å². The summed E-state index contributed by atoms with van der Waals surface area (Å²) < 4.78 is 2.54. The smallest absolute Gasteiger partial charge is 0.333 e. The van der Waals surface area contributed by atoms with Gasteiger partial charge in [0.25, 0.3) is 0 Å². The van der Waals surface area contributed by atoms with Gasteiger partial charge in [-0.1, -0.05) is 48.5 Å². The molecule has 3 aromatic rings. The van der Waals surface area contributed by atoms with Crippen molar-refractivity contribution >= 4 is 5.91 Å². The van der Waals surface area contributed by atoms with Gasteiger partial charge in [0.05, 0.1) is 6.04 Å². The number of nitrogens with zero attached hydrogens (tertiary/aromatic N) is 4. The minimum Gasteiger partial charge on any atom is -0.333 e. The lowest BCUT2D eigenvalue weighted by Gasteiger charge is -2.26. The Morgan fingerprint density at radius 2 is 1.64 bits per heavy atom. The summed E-state index contributed by atoms with van der Waals surface area (Å²) in [7, 11) is 3.39. The van der Waals surface area contributed by atoms with E-state index in [0.717, 1.165) is 22.3 Å². The first-order valence-corrected chi connectivity index (χ1v) is 8.10. The number of hydrogen-bond donors (Lipinski definition) is 0. The highest BCUT2D eigenvalue weighted by Crippen LogP contribution is 2.45. The number of carbonyl (C=O) groups excluding carboxylic acids is 1. The maximum Gasteiger partial charge on any atom is 0.345 e. The van der Waals surface area contributed by atoms with Gasteiger partial charge in [-0.05, 0) is 22.3 Å². The van der Waals surface area contributed by atoms with Crippen molar-refractivity contribution in [2.45, 2.75) is 12.6 Å². The highest BCUT2D eigenvalue weighted by atomic mass is 16.2. The monoisotopic (exact) mass is 334 g/mol. The molecule has 126 valence electrons. The third kappa shape index (κ3) is 2.38. The molecule has 1 heterocycles. The van der Waals surface area contributed by atoms with E-state index >= 15 is 0 Å². The van der Waals surface area contributed by atoms with Gasteiger partial charge in [0, 0.05) is 14.1 Å². The van der Waals surface area contributed by atoms with Crippen LogP contribution in [-0.2, 0) is 18.4 Å². The molecule has 0 radical (unpaired) electrons. The van der Waals surface area contributed by atoms with Crippen molar-refractivity contribution in [1.29, 1.82) is 0 Å². The normalized spacial score (nSPS) is 12.7. The third-order valence-electron chi connectivity index (χ3n) is 4.75. The van der Waals surface area contributed by atoms with Crippen LogP contribution in [0.15, 0.2) is 59.7 Å². The van der Waals surface area contributed by atoms with Crippen molar-refractivity contribution in [3.8, 4) is 11.1 Å². The molecule has 0 bridgehead atoms. The predicted molar refractivity (Wildman–Crippen MR) is 94.0 cm³/mol. The fraction of sp³-hybridized carbons (Fsp3) is 0.211. The van der Waals surface area contributed by atoms with E-state index in [2.05, 4.69) is 29.4 Å². The molecule has 25 heavy (non-hydrogen) atoms. The molecule has 6 heteroatoms. The van der Waals surface area contributed by atoms with Gasteiger partial charge < -0.3 is 4.90 Å². The van der Waals surface area contributed by atoms with Gasteiger partial charge >= 0.3 is 5.69 Å². The maximum absolute atomic E-state index is 12.8. The minimum atomic E-state index is -0.297. The Kier molecular flexibility index (Phi) is 3.53. The molecule has 1 aromatic heterocycles. The molecule has 0 fully saturated rings. The lowest BCUT2D eigenvalue weighted by molar-refractivity contribution is -0.132. The van der Waals surface area contributed by atoms with Crippen molar-refractivity contribution in [3.63, 3.8) is 0 Å². The zero-order chi connectivity index (χ0) is 17.6. The zero-order valence-corrected chi connectivity index (χ0v) is 14.1. The molecule has 1 aliphatic rings. The molecule has 0 unspecified atom stereocenters. The van der Waals surface area contributed by atoms with Gasteiger partial charge in [0.15, 0.2) is 0 Å². The standard InChI is InChI=1S/C19H18N4O2/c1-21-12-20-23(19(21)25)11-17(24)22(2)18-15-9-5-3-7-13(15)14-8-4-6-10-16(14)18/h3-10,12,18H,11H2,1-2H3. The number of likely N-dealkylation sites (N-methyl/N-ethyl adjacent to an activating group) is 1. The largest absolute Gasteiger partial charge is 0.345 e. The molecule has 1 aliphatic carbocycles. The summed E-state index contributed by atoms with van der Waals surface area (Å²) in [5, 5.41) is 3.97. The predicted octanol–water partition coefficient (Wildman–Crippen LogP) is 1.81. The van der Waals surface area contributed by atoms with Crippen LogP contribution < -0.4 is 5.69 Å². The summed E-state index contributed by atoms with van der Waals surface area (Å²) in [6.07, 6.45) is 1.41. The molecule has 0 N–H and O–H groups in total. The van der Waals surface area contributed by atoms with E-state index in [4.69, 9.17) is 0 Å². The third-order valence-corrected chi connectivity index (χ3v) is 4.75. The summed E-state index contributed by atoms with van der Waals surface area (Å²) in [5.74, 6) is -0.155. The molecular weight excluding hydrogens is 316 g/mol. The lowest BCUT2D eigenvalue weighted by atomic mass is 10.0. The van der Waals surface area contributed by atoms with Gasteiger partial charge in [0.1, 0.15) is 12.9 Å². The van der Waals surface area contributed by atoms with Gasteiger partial charge in [-0.25, -0.2) is 9.48 Å². The molecule has 1 amide bonds. The number of amides is 1. The molecule has 0 atom stereocenters. The van der Waals surface area contributed by atoms with Gasteiger partial charge in [0.2, 0.25) is 5.91 Å². The number of rotatable bonds is 3. The van der Waals surface area contributed by atoms with E-state index in [-0.39, 0.29) is 24.2 Å². The molecule has 4 rings (SSSR count). The van der Waals surface area contributed by atoms with Crippen LogP contribution in [0.5, 0.6) is 0 Å². The topological polar surface area (TPSA) is 60.1 Å². The van der Waals surface area contributed by atoms with E-state index in [1.807, 2.05) is 24.3 Å². The van der Waals surface area contributed by atoms with Crippen LogP contribution in [0.25, 0.3) is 11.1 Å². The Labute approximate surface area is 144 Å². The average Bonchev–Trinajstić information content (AvgIpc) is 3.13. The molecular formula is C19H18N4O2. The van der Waals surface area contributed by atoms with Crippen LogP contribution in [0.4, 0.5) is 0 Å². The highest BCUT2D eigenvalue weighted by molar-refractivity contribution is 5.83. The van der Waals surface area contributed by atoms with Crippen LogP contribution in [0.1, 0.15) is 17.2 Å². The molecule has 0 saturated heterocycles. The number of aryl methyl sites for hydroxylation is 1. The fourth-order valence-electron chi connectivity index (χ4n) is 3.46. The first-order chi connectivity index (χ1) is 12.1. The Morgan fingerprint density at radius 1 is 1.08 bits per heavy atom. The molecule has 2 aromatic carbocycles. The van der Waals surface area contributed by atoms with Crippen LogP contribution in [0.3, 0.4) is 0 Å². The Bertz CT molecular complexity index is 973. The average molecular weight is 334 g/mol. The van der Waals surface area contributed by atoms with Crippen molar-refractivity contribution in [3.05, 3.63) is 76.5 Å². The quantitative estimate of drug-likeness (QED) is 0.734. The summed E-state index contributed by atoms with van der Waals surface area (Å²) in [5.41, 5.74) is 4.21. The van der Waals surface area contributed by atoms with Crippen LogP contribution in [0, 0.1) is 0 Å². The van der Waals surface area contributed by atoms with E-state index in [1.165, 1.54) is 15.6 Å². The highest BCUT2D eigenvalue weighted by Gasteiger charge is 2.33. The lowest BCUT2D eigenvalue weighted by Crippen LogP contribution is -2.36. The Balaban J connectivity index is 1.70. The number of aromatic nitrogens is 3. The van der Waals surface area contributed by atoms with E-state index in [0.29, 0.717) is 0 Å². The SMILES string of the molecule is CN(C(=O)Cn1ncn(C)c1=O)C1c2ccccc2-c2ccccc21. The number of carbonyl (C=O) groups is 1. The van der Waals surface area contributed by atoms with E-state index < -0.39 is 0 Å². The number of hydrogen-bond acceptors (Lipinski definition) is 3. The summed E-state index contributed by atoms with van der Waals surface area (Å²) >= 11 is 0. The maximum atomic E-state index is 12.8. The zero-order valence-electron chi connectivity index (χ0n) is 14.1. The minimum absolute atomic E-state index is 0.0724.